The van der Waals surface area contributed by atoms with E-state index in [2.05, 4.69) is 19.2 Å². The zero-order valence-electron chi connectivity index (χ0n) is 12.3. The zero-order chi connectivity index (χ0) is 14.7. The first-order valence-electron chi connectivity index (χ1n) is 7.23. The highest BCUT2D eigenvalue weighted by Crippen LogP contribution is 2.26. The zero-order valence-corrected chi connectivity index (χ0v) is 12.3. The molecule has 1 aliphatic heterocycles. The molecule has 2 amide bonds. The lowest BCUT2D eigenvalue weighted by atomic mass is 10.1. The van der Waals surface area contributed by atoms with Crippen molar-refractivity contribution in [3.8, 4) is 0 Å². The third-order valence-corrected chi connectivity index (χ3v) is 4.03. The Hall–Kier alpha value is -1.84. The van der Waals surface area contributed by atoms with Gasteiger partial charge in [-0.1, -0.05) is 6.92 Å². The Morgan fingerprint density at radius 1 is 1.25 bits per heavy atom. The number of nitrogens with one attached hydrogen (secondary N) is 1. The molecule has 1 N–H and O–H groups in total. The quantitative estimate of drug-likeness (QED) is 0.855. The molecule has 0 spiro atoms. The fourth-order valence-electron chi connectivity index (χ4n) is 2.81. The molecule has 0 radical (unpaired) electrons. The summed E-state index contributed by atoms with van der Waals surface area (Å²) >= 11 is 0. The van der Waals surface area contributed by atoms with Gasteiger partial charge >= 0.3 is 6.03 Å². The fourth-order valence-corrected chi connectivity index (χ4v) is 2.81. The molecule has 1 heterocycles. The minimum Gasteiger partial charge on any atom is -0.319 e. The molecule has 1 aromatic carbocycles. The number of carbonyl (C=O) groups is 2. The molecule has 0 aromatic heterocycles. The Morgan fingerprint density at radius 2 is 1.90 bits per heavy atom. The smallest absolute Gasteiger partial charge is 0.319 e. The first kappa shape index (κ1) is 14.6. The van der Waals surface area contributed by atoms with E-state index < -0.39 is 0 Å². The maximum Gasteiger partial charge on any atom is 0.322 e. The number of benzene rings is 1. The van der Waals surface area contributed by atoms with E-state index in [4.69, 9.17) is 0 Å². The van der Waals surface area contributed by atoms with Gasteiger partial charge in [-0.15, -0.1) is 0 Å². The van der Waals surface area contributed by atoms with E-state index in [-0.39, 0.29) is 17.9 Å². The number of Topliss-reactive ketones (excluding diaryl/α,β-unsaturated/α-hetero) is 1. The second kappa shape index (κ2) is 6.07. The van der Waals surface area contributed by atoms with Crippen LogP contribution in [0.3, 0.4) is 0 Å². The van der Waals surface area contributed by atoms with E-state index >= 15 is 0 Å². The lowest BCUT2D eigenvalue weighted by Crippen LogP contribution is -2.42. The topological polar surface area (TPSA) is 49.4 Å². The van der Waals surface area contributed by atoms with E-state index in [0.29, 0.717) is 11.6 Å². The van der Waals surface area contributed by atoms with Crippen LogP contribution in [0.2, 0.25) is 0 Å². The number of anilines is 1. The number of hydrogen-bond acceptors (Lipinski definition) is 2. The van der Waals surface area contributed by atoms with Crippen LogP contribution in [0.25, 0.3) is 0 Å². The molecule has 4 heteroatoms. The van der Waals surface area contributed by atoms with Crippen molar-refractivity contribution in [1.29, 1.82) is 0 Å². The van der Waals surface area contributed by atoms with Crippen LogP contribution in [0, 0.1) is 0 Å². The van der Waals surface area contributed by atoms with E-state index in [9.17, 15) is 9.59 Å². The average molecular weight is 274 g/mol. The summed E-state index contributed by atoms with van der Waals surface area (Å²) in [6.07, 6.45) is 3.13. The Morgan fingerprint density at radius 3 is 2.45 bits per heavy atom. The van der Waals surface area contributed by atoms with Gasteiger partial charge in [0.1, 0.15) is 0 Å². The second-order valence-electron chi connectivity index (χ2n) is 5.46. The molecule has 1 aliphatic rings. The van der Waals surface area contributed by atoms with Crippen molar-refractivity contribution in [2.75, 3.05) is 5.32 Å². The van der Waals surface area contributed by atoms with Crippen molar-refractivity contribution in [3.63, 3.8) is 0 Å². The number of amides is 2. The van der Waals surface area contributed by atoms with Crippen LogP contribution in [0.15, 0.2) is 24.3 Å². The monoisotopic (exact) mass is 274 g/mol. The molecule has 2 rings (SSSR count). The van der Waals surface area contributed by atoms with Gasteiger partial charge in [0.05, 0.1) is 0 Å². The molecule has 108 valence electrons. The third kappa shape index (κ3) is 3.00. The number of carbonyl (C=O) groups excluding carboxylic acids is 2. The van der Waals surface area contributed by atoms with Crippen LogP contribution < -0.4 is 5.32 Å². The van der Waals surface area contributed by atoms with Crippen molar-refractivity contribution in [3.05, 3.63) is 29.8 Å². The summed E-state index contributed by atoms with van der Waals surface area (Å²) in [7, 11) is 0. The molecule has 2 unspecified atom stereocenters. The second-order valence-corrected chi connectivity index (χ2v) is 5.46. The van der Waals surface area contributed by atoms with E-state index in [1.54, 1.807) is 24.3 Å². The summed E-state index contributed by atoms with van der Waals surface area (Å²) in [6.45, 7) is 5.74. The van der Waals surface area contributed by atoms with Crippen LogP contribution in [0.1, 0.15) is 50.4 Å². The van der Waals surface area contributed by atoms with Crippen molar-refractivity contribution in [2.45, 2.75) is 52.1 Å². The van der Waals surface area contributed by atoms with E-state index in [1.807, 2.05) is 4.90 Å². The maximum absolute atomic E-state index is 12.4. The predicted molar refractivity (Wildman–Crippen MR) is 80.1 cm³/mol. The molecule has 0 aliphatic carbocycles. The van der Waals surface area contributed by atoms with Crippen LogP contribution in [-0.4, -0.2) is 28.8 Å². The van der Waals surface area contributed by atoms with Crippen molar-refractivity contribution < 1.29 is 9.59 Å². The Labute approximate surface area is 120 Å². The van der Waals surface area contributed by atoms with Crippen LogP contribution in [-0.2, 0) is 0 Å². The van der Waals surface area contributed by atoms with E-state index in [1.165, 1.54) is 6.92 Å². The molecule has 0 saturated carbocycles. The first-order chi connectivity index (χ1) is 9.52. The molecule has 1 fully saturated rings. The minimum absolute atomic E-state index is 0.0297. The van der Waals surface area contributed by atoms with Gasteiger partial charge in [0.25, 0.3) is 0 Å². The molecule has 1 saturated heterocycles. The van der Waals surface area contributed by atoms with Gasteiger partial charge in [0, 0.05) is 23.3 Å². The van der Waals surface area contributed by atoms with Gasteiger partial charge < -0.3 is 10.2 Å². The van der Waals surface area contributed by atoms with Gasteiger partial charge in [-0.3, -0.25) is 4.79 Å². The number of rotatable bonds is 3. The van der Waals surface area contributed by atoms with Gasteiger partial charge in [-0.25, -0.2) is 4.79 Å². The van der Waals surface area contributed by atoms with Crippen molar-refractivity contribution in [1.82, 2.24) is 4.90 Å². The summed E-state index contributed by atoms with van der Waals surface area (Å²) in [5.41, 5.74) is 1.39. The Kier molecular flexibility index (Phi) is 4.42. The highest BCUT2D eigenvalue weighted by atomic mass is 16.2. The summed E-state index contributed by atoms with van der Waals surface area (Å²) in [6, 6.07) is 7.60. The normalized spacial score (nSPS) is 21.9. The lowest BCUT2D eigenvalue weighted by molar-refractivity contribution is 0.101. The summed E-state index contributed by atoms with van der Waals surface area (Å²) in [5, 5.41) is 2.92. The van der Waals surface area contributed by atoms with Gasteiger partial charge in [0.2, 0.25) is 0 Å². The third-order valence-electron chi connectivity index (χ3n) is 4.03. The summed E-state index contributed by atoms with van der Waals surface area (Å²) in [5.74, 6) is 0.0297. The number of likely N-dealkylation sites (tertiary alicyclic amines) is 1. The average Bonchev–Trinajstić information content (AvgIpc) is 2.80. The van der Waals surface area contributed by atoms with E-state index in [0.717, 1.165) is 24.9 Å². The number of ketones is 1. The van der Waals surface area contributed by atoms with Gasteiger partial charge in [-0.05, 0) is 57.4 Å². The van der Waals surface area contributed by atoms with Crippen LogP contribution >= 0.6 is 0 Å². The number of urea groups is 1. The first-order valence-corrected chi connectivity index (χ1v) is 7.23. The van der Waals surface area contributed by atoms with Gasteiger partial charge in [0.15, 0.2) is 5.78 Å². The molecule has 4 nitrogen and oxygen atoms in total. The minimum atomic E-state index is -0.0441. The summed E-state index contributed by atoms with van der Waals surface area (Å²) < 4.78 is 0. The highest BCUT2D eigenvalue weighted by Gasteiger charge is 2.33. The van der Waals surface area contributed by atoms with Crippen LogP contribution in [0.4, 0.5) is 10.5 Å². The van der Waals surface area contributed by atoms with Crippen molar-refractivity contribution in [2.24, 2.45) is 0 Å². The SMILES string of the molecule is CCC1CCC(C)N1C(=O)Nc1ccc(C(C)=O)cc1. The largest absolute Gasteiger partial charge is 0.322 e. The number of nitrogens with zero attached hydrogens (tertiary/aromatic N) is 1. The lowest BCUT2D eigenvalue weighted by Gasteiger charge is -2.28. The Bertz CT molecular complexity index is 496. The molecule has 0 bridgehead atoms. The molecular formula is C16H22N2O2. The Balaban J connectivity index is 2.05. The van der Waals surface area contributed by atoms with Gasteiger partial charge in [-0.2, -0.15) is 0 Å². The van der Waals surface area contributed by atoms with Crippen molar-refractivity contribution >= 4 is 17.5 Å². The number of hydrogen-bond donors (Lipinski definition) is 1. The molecule has 1 aromatic rings. The summed E-state index contributed by atoms with van der Waals surface area (Å²) in [4.78, 5) is 25.5. The predicted octanol–water partition coefficient (Wildman–Crippen LogP) is 3.68. The maximum atomic E-state index is 12.4. The molecular weight excluding hydrogens is 252 g/mol. The standard InChI is InChI=1S/C16H22N2O2/c1-4-15-10-5-11(2)18(15)16(20)17-14-8-6-13(7-9-14)12(3)19/h6-9,11,15H,4-5,10H2,1-3H3,(H,17,20). The fraction of sp³-hybridized carbons (Fsp3) is 0.500. The molecule has 20 heavy (non-hydrogen) atoms. The highest BCUT2D eigenvalue weighted by molar-refractivity contribution is 5.95. The van der Waals surface area contributed by atoms with Crippen LogP contribution in [0.5, 0.6) is 0 Å². The molecule has 2 atom stereocenters.